The maximum absolute atomic E-state index is 13.1. The van der Waals surface area contributed by atoms with E-state index in [1.54, 1.807) is 0 Å². The Hall–Kier alpha value is -1.87. The van der Waals surface area contributed by atoms with Gasteiger partial charge in [0.25, 0.3) is 0 Å². The molecule has 1 saturated heterocycles. The minimum absolute atomic E-state index is 0.0405. The first-order valence-electron chi connectivity index (χ1n) is 9.17. The van der Waals surface area contributed by atoms with E-state index >= 15 is 0 Å². The summed E-state index contributed by atoms with van der Waals surface area (Å²) >= 11 is 0. The molecule has 1 aromatic rings. The third kappa shape index (κ3) is 1.59. The van der Waals surface area contributed by atoms with Gasteiger partial charge in [-0.05, 0) is 37.4 Å². The van der Waals surface area contributed by atoms with E-state index in [0.717, 1.165) is 31.6 Å². The second kappa shape index (κ2) is 4.82. The van der Waals surface area contributed by atoms with Crippen molar-refractivity contribution in [3.05, 3.63) is 54.6 Å². The second-order valence-electron chi connectivity index (χ2n) is 7.91. The number of anilines is 1. The quantitative estimate of drug-likeness (QED) is 0.803. The highest BCUT2D eigenvalue weighted by Crippen LogP contribution is 2.64. The number of carbonyl (C=O) groups is 1. The summed E-state index contributed by atoms with van der Waals surface area (Å²) in [5.41, 5.74) is 2.22. The normalized spacial score (nSPS) is 40.1. The molecule has 1 saturated carbocycles. The molecule has 5 rings (SSSR count). The average Bonchev–Trinajstić information content (AvgIpc) is 2.79. The molecule has 0 radical (unpaired) electrons. The van der Waals surface area contributed by atoms with Gasteiger partial charge in [0.2, 0.25) is 5.91 Å². The average molecular weight is 320 g/mol. The van der Waals surface area contributed by atoms with Crippen LogP contribution in [-0.4, -0.2) is 29.9 Å². The Morgan fingerprint density at radius 1 is 1.29 bits per heavy atom. The fourth-order valence-corrected chi connectivity index (χ4v) is 6.20. The summed E-state index contributed by atoms with van der Waals surface area (Å²) in [6.07, 6.45) is 11.2. The van der Waals surface area contributed by atoms with Crippen LogP contribution >= 0.6 is 0 Å². The van der Waals surface area contributed by atoms with E-state index in [1.807, 2.05) is 6.07 Å². The fourth-order valence-electron chi connectivity index (χ4n) is 6.20. The van der Waals surface area contributed by atoms with Crippen molar-refractivity contribution >= 4 is 11.6 Å². The standard InChI is InChI=1S/C21H24N2O/c1-2-20-10-7-13-23-12-6-5-11-21(19(20)23)15-8-3-4-9-17(15)22-18(24)16(21)14-20/h2-4,7-10,16,19H,1,5-6,11-14H2,(H,22,24)/t16-,19+,20+,21+/m1/s1. The predicted octanol–water partition coefficient (Wildman–Crippen LogP) is 3.49. The number of nitrogens with one attached hydrogen (secondary N) is 1. The van der Waals surface area contributed by atoms with Gasteiger partial charge in [-0.25, -0.2) is 0 Å². The minimum atomic E-state index is -0.0813. The Balaban J connectivity index is 1.82. The van der Waals surface area contributed by atoms with Gasteiger partial charge in [0.15, 0.2) is 0 Å². The lowest BCUT2D eigenvalue weighted by Gasteiger charge is -2.50. The van der Waals surface area contributed by atoms with Gasteiger partial charge in [-0.1, -0.05) is 42.8 Å². The molecule has 1 aromatic carbocycles. The van der Waals surface area contributed by atoms with Crippen molar-refractivity contribution < 1.29 is 4.79 Å². The van der Waals surface area contributed by atoms with E-state index in [-0.39, 0.29) is 22.7 Å². The molecule has 1 N–H and O–H groups in total. The van der Waals surface area contributed by atoms with E-state index < -0.39 is 0 Å². The van der Waals surface area contributed by atoms with Gasteiger partial charge in [-0.3, -0.25) is 9.69 Å². The third-order valence-electron chi connectivity index (χ3n) is 6.98. The highest BCUT2D eigenvalue weighted by molar-refractivity contribution is 5.98. The van der Waals surface area contributed by atoms with Crippen LogP contribution in [0.5, 0.6) is 0 Å². The zero-order valence-corrected chi connectivity index (χ0v) is 14.0. The molecular formula is C21H24N2O. The molecule has 124 valence electrons. The largest absolute Gasteiger partial charge is 0.326 e. The van der Waals surface area contributed by atoms with Gasteiger partial charge in [-0.15, -0.1) is 6.58 Å². The summed E-state index contributed by atoms with van der Waals surface area (Å²) < 4.78 is 0. The highest BCUT2D eigenvalue weighted by atomic mass is 16.2. The Bertz CT molecular complexity index is 754. The first kappa shape index (κ1) is 14.5. The number of fused-ring (bicyclic) bond motifs is 1. The maximum Gasteiger partial charge on any atom is 0.228 e. The first-order chi connectivity index (χ1) is 11.7. The Kier molecular flexibility index (Phi) is 2.91. The second-order valence-corrected chi connectivity index (χ2v) is 7.91. The van der Waals surface area contributed by atoms with Crippen molar-refractivity contribution in [1.82, 2.24) is 4.90 Å². The van der Waals surface area contributed by atoms with Crippen LogP contribution < -0.4 is 5.32 Å². The summed E-state index contributed by atoms with van der Waals surface area (Å²) in [7, 11) is 0. The summed E-state index contributed by atoms with van der Waals surface area (Å²) in [5.74, 6) is 0.248. The molecule has 1 amide bonds. The molecule has 2 fully saturated rings. The van der Waals surface area contributed by atoms with E-state index in [4.69, 9.17) is 0 Å². The number of carbonyl (C=O) groups excluding carboxylic acids is 1. The maximum atomic E-state index is 13.1. The number of rotatable bonds is 1. The summed E-state index contributed by atoms with van der Waals surface area (Å²) in [5, 5.41) is 3.18. The lowest BCUT2D eigenvalue weighted by Crippen LogP contribution is -2.58. The number of benzene rings is 1. The van der Waals surface area contributed by atoms with Gasteiger partial charge < -0.3 is 5.32 Å². The minimum Gasteiger partial charge on any atom is -0.326 e. The lowest BCUT2D eigenvalue weighted by molar-refractivity contribution is -0.122. The molecule has 3 heteroatoms. The van der Waals surface area contributed by atoms with E-state index in [1.165, 1.54) is 18.4 Å². The van der Waals surface area contributed by atoms with E-state index in [0.29, 0.717) is 6.04 Å². The van der Waals surface area contributed by atoms with Gasteiger partial charge in [0.1, 0.15) is 0 Å². The van der Waals surface area contributed by atoms with Crippen LogP contribution in [0.2, 0.25) is 0 Å². The molecule has 24 heavy (non-hydrogen) atoms. The summed E-state index contributed by atoms with van der Waals surface area (Å²) in [4.78, 5) is 15.7. The molecular weight excluding hydrogens is 296 g/mol. The van der Waals surface area contributed by atoms with Gasteiger partial charge in [0, 0.05) is 29.1 Å². The number of para-hydroxylation sites is 1. The van der Waals surface area contributed by atoms with Crippen LogP contribution in [0.3, 0.4) is 0 Å². The van der Waals surface area contributed by atoms with Crippen molar-refractivity contribution in [3.8, 4) is 0 Å². The zero-order valence-electron chi connectivity index (χ0n) is 14.0. The molecule has 4 atom stereocenters. The lowest BCUT2D eigenvalue weighted by atomic mass is 9.62. The highest BCUT2D eigenvalue weighted by Gasteiger charge is 2.67. The van der Waals surface area contributed by atoms with Gasteiger partial charge >= 0.3 is 0 Å². The SMILES string of the molecule is C=C[C@]12C=CCN3CCCC[C@@]4(c5ccccc5NC(=O)[C@H]4C1)[C@@H]32. The molecule has 1 spiro atoms. The molecule has 3 heterocycles. The topological polar surface area (TPSA) is 32.3 Å². The van der Waals surface area contributed by atoms with Crippen LogP contribution in [0.1, 0.15) is 31.2 Å². The molecule has 3 nitrogen and oxygen atoms in total. The zero-order chi connectivity index (χ0) is 16.4. The Morgan fingerprint density at radius 2 is 2.17 bits per heavy atom. The van der Waals surface area contributed by atoms with Crippen LogP contribution in [-0.2, 0) is 10.2 Å². The van der Waals surface area contributed by atoms with Crippen molar-refractivity contribution in [2.45, 2.75) is 37.1 Å². The van der Waals surface area contributed by atoms with Gasteiger partial charge in [-0.2, -0.15) is 0 Å². The van der Waals surface area contributed by atoms with Crippen molar-refractivity contribution in [2.75, 3.05) is 18.4 Å². The molecule has 0 unspecified atom stereocenters. The predicted molar refractivity (Wildman–Crippen MR) is 95.8 cm³/mol. The van der Waals surface area contributed by atoms with E-state index in [9.17, 15) is 4.79 Å². The molecule has 4 aliphatic rings. The number of nitrogens with zero attached hydrogens (tertiary/aromatic N) is 1. The number of hydrogen-bond donors (Lipinski definition) is 1. The van der Waals surface area contributed by atoms with Gasteiger partial charge in [0.05, 0.1) is 5.92 Å². The number of amides is 1. The monoisotopic (exact) mass is 320 g/mol. The molecule has 3 aliphatic heterocycles. The van der Waals surface area contributed by atoms with Crippen LogP contribution in [0.4, 0.5) is 5.69 Å². The van der Waals surface area contributed by atoms with Crippen molar-refractivity contribution in [2.24, 2.45) is 11.3 Å². The Morgan fingerprint density at radius 3 is 3.04 bits per heavy atom. The van der Waals surface area contributed by atoms with Crippen LogP contribution in [0.15, 0.2) is 49.1 Å². The molecule has 0 aromatic heterocycles. The van der Waals surface area contributed by atoms with Crippen LogP contribution in [0.25, 0.3) is 0 Å². The summed E-state index contributed by atoms with van der Waals surface area (Å²) in [6, 6.07) is 8.83. The van der Waals surface area contributed by atoms with E-state index in [2.05, 4.69) is 53.2 Å². The molecule has 1 aliphatic carbocycles. The van der Waals surface area contributed by atoms with Crippen LogP contribution in [0, 0.1) is 11.3 Å². The smallest absolute Gasteiger partial charge is 0.228 e. The Labute approximate surface area is 143 Å². The van der Waals surface area contributed by atoms with Crippen molar-refractivity contribution in [3.63, 3.8) is 0 Å². The van der Waals surface area contributed by atoms with Crippen molar-refractivity contribution in [1.29, 1.82) is 0 Å². The molecule has 0 bridgehead atoms. The number of hydrogen-bond acceptors (Lipinski definition) is 2. The fraction of sp³-hybridized carbons (Fsp3) is 0.476. The third-order valence-corrected chi connectivity index (χ3v) is 6.98. The summed E-state index contributed by atoms with van der Waals surface area (Å²) in [6.45, 7) is 6.33. The first-order valence-corrected chi connectivity index (χ1v) is 9.17.